The van der Waals surface area contributed by atoms with E-state index in [0.717, 1.165) is 11.8 Å². The highest BCUT2D eigenvalue weighted by Crippen LogP contribution is 2.38. The van der Waals surface area contributed by atoms with Gasteiger partial charge in [0.25, 0.3) is 0 Å². The van der Waals surface area contributed by atoms with Gasteiger partial charge in [0.2, 0.25) is 0 Å². The van der Waals surface area contributed by atoms with E-state index >= 15 is 0 Å². The molecule has 1 aliphatic heterocycles. The summed E-state index contributed by atoms with van der Waals surface area (Å²) in [6, 6.07) is 7.03. The number of hydroxylamine groups is 2. The maximum absolute atomic E-state index is 11.3. The summed E-state index contributed by atoms with van der Waals surface area (Å²) in [7, 11) is 0. The Labute approximate surface area is 124 Å². The first kappa shape index (κ1) is 15.7. The third-order valence-corrected chi connectivity index (χ3v) is 3.48. The van der Waals surface area contributed by atoms with Crippen LogP contribution >= 0.6 is 0 Å². The number of benzene rings is 1. The predicted octanol–water partition coefficient (Wildman–Crippen LogP) is 2.68. The molecule has 1 fully saturated rings. The van der Waals surface area contributed by atoms with E-state index in [1.54, 1.807) is 17.2 Å². The quantitative estimate of drug-likeness (QED) is 0.864. The van der Waals surface area contributed by atoms with Crippen molar-refractivity contribution < 1.29 is 19.5 Å². The molecule has 0 saturated carbocycles. The summed E-state index contributed by atoms with van der Waals surface area (Å²) in [4.78, 5) is 28.4. The minimum Gasteiger partial charge on any atom is -0.481 e. The van der Waals surface area contributed by atoms with Crippen LogP contribution in [-0.4, -0.2) is 34.6 Å². The van der Waals surface area contributed by atoms with Crippen LogP contribution < -0.4 is 0 Å². The Morgan fingerprint density at radius 1 is 1.38 bits per heavy atom. The fraction of sp³-hybridized carbons (Fsp3) is 0.500. The van der Waals surface area contributed by atoms with Crippen LogP contribution in [0.5, 0.6) is 0 Å². The number of carbonyl (C=O) groups excluding carboxylic acids is 1. The van der Waals surface area contributed by atoms with Crippen molar-refractivity contribution in [1.29, 1.82) is 0 Å². The Balaban J connectivity index is 2.33. The van der Waals surface area contributed by atoms with E-state index in [9.17, 15) is 14.7 Å². The summed E-state index contributed by atoms with van der Waals surface area (Å²) in [6.45, 7) is 6.09. The molecule has 0 amide bonds. The van der Waals surface area contributed by atoms with Gasteiger partial charge in [0.05, 0.1) is 17.6 Å². The van der Waals surface area contributed by atoms with Gasteiger partial charge in [-0.25, -0.2) is 0 Å². The number of carbonyl (C=O) groups is 2. The second-order valence-corrected chi connectivity index (χ2v) is 6.34. The summed E-state index contributed by atoms with van der Waals surface area (Å²) < 4.78 is 0. The van der Waals surface area contributed by atoms with E-state index in [0.29, 0.717) is 18.5 Å². The average Bonchev–Trinajstić information content (AvgIpc) is 2.80. The SMILES string of the molecule is CC(C)(C)ON1C[C@H](C(=O)O)C[C@@H]1c1ccccc1C=O. The smallest absolute Gasteiger partial charge is 0.307 e. The lowest BCUT2D eigenvalue weighted by atomic mass is 9.96. The van der Waals surface area contributed by atoms with Crippen molar-refractivity contribution in [3.8, 4) is 0 Å². The molecule has 5 nitrogen and oxygen atoms in total. The van der Waals surface area contributed by atoms with E-state index in [4.69, 9.17) is 4.84 Å². The Morgan fingerprint density at radius 2 is 2.05 bits per heavy atom. The van der Waals surface area contributed by atoms with Crippen molar-refractivity contribution in [2.24, 2.45) is 5.92 Å². The molecule has 114 valence electrons. The average molecular weight is 291 g/mol. The van der Waals surface area contributed by atoms with E-state index in [1.807, 2.05) is 32.9 Å². The van der Waals surface area contributed by atoms with E-state index in [1.165, 1.54) is 0 Å². The summed E-state index contributed by atoms with van der Waals surface area (Å²) in [5.41, 5.74) is 0.985. The number of hydrogen-bond acceptors (Lipinski definition) is 4. The van der Waals surface area contributed by atoms with Crippen molar-refractivity contribution in [2.75, 3.05) is 6.54 Å². The Bertz CT molecular complexity index is 535. The molecule has 1 aromatic rings. The van der Waals surface area contributed by atoms with Gasteiger partial charge in [-0.15, -0.1) is 0 Å². The molecule has 5 heteroatoms. The molecule has 0 spiro atoms. The van der Waals surface area contributed by atoms with Gasteiger partial charge in [-0.2, -0.15) is 5.06 Å². The van der Waals surface area contributed by atoms with Crippen LogP contribution in [0.1, 0.15) is 49.2 Å². The van der Waals surface area contributed by atoms with Crippen LogP contribution in [0.4, 0.5) is 0 Å². The Kier molecular flexibility index (Phi) is 4.44. The monoisotopic (exact) mass is 291 g/mol. The third kappa shape index (κ3) is 3.68. The van der Waals surface area contributed by atoms with Crippen molar-refractivity contribution in [2.45, 2.75) is 38.8 Å². The standard InChI is InChI=1S/C16H21NO4/c1-16(2,3)21-17-9-12(15(19)20)8-14(17)13-7-5-4-6-11(13)10-18/h4-7,10,12,14H,8-9H2,1-3H3,(H,19,20)/t12-,14-/m1/s1. The number of carboxylic acids is 1. The molecule has 0 unspecified atom stereocenters. The van der Waals surface area contributed by atoms with Crippen LogP contribution in [0, 0.1) is 5.92 Å². The lowest BCUT2D eigenvalue weighted by Gasteiger charge is -2.31. The lowest BCUT2D eigenvalue weighted by molar-refractivity contribution is -0.239. The molecular formula is C16H21NO4. The van der Waals surface area contributed by atoms with E-state index < -0.39 is 17.5 Å². The van der Waals surface area contributed by atoms with Crippen molar-refractivity contribution in [3.05, 3.63) is 35.4 Å². The molecule has 1 aromatic carbocycles. The molecule has 0 aromatic heterocycles. The molecule has 2 rings (SSSR count). The first-order valence-corrected chi connectivity index (χ1v) is 7.04. The second kappa shape index (κ2) is 5.95. The molecule has 0 bridgehead atoms. The molecule has 1 aliphatic rings. The van der Waals surface area contributed by atoms with Gasteiger partial charge in [-0.3, -0.25) is 14.4 Å². The zero-order valence-electron chi connectivity index (χ0n) is 12.6. The highest BCUT2D eigenvalue weighted by atomic mass is 16.7. The normalized spacial score (nSPS) is 23.2. The highest BCUT2D eigenvalue weighted by molar-refractivity contribution is 5.78. The molecule has 0 radical (unpaired) electrons. The van der Waals surface area contributed by atoms with Gasteiger partial charge in [-0.1, -0.05) is 24.3 Å². The number of aldehydes is 1. The molecule has 1 heterocycles. The maximum Gasteiger partial charge on any atom is 0.307 e. The van der Waals surface area contributed by atoms with Crippen LogP contribution in [-0.2, 0) is 9.63 Å². The number of aliphatic carboxylic acids is 1. The van der Waals surface area contributed by atoms with Gasteiger partial charge in [0.1, 0.15) is 6.29 Å². The van der Waals surface area contributed by atoms with Gasteiger partial charge in [0, 0.05) is 12.1 Å². The molecule has 2 atom stereocenters. The Hall–Kier alpha value is -1.72. The van der Waals surface area contributed by atoms with Crippen LogP contribution in [0.15, 0.2) is 24.3 Å². The highest BCUT2D eigenvalue weighted by Gasteiger charge is 2.40. The largest absolute Gasteiger partial charge is 0.481 e. The van der Waals surface area contributed by atoms with Gasteiger partial charge >= 0.3 is 5.97 Å². The van der Waals surface area contributed by atoms with Gasteiger partial charge in [-0.05, 0) is 32.8 Å². The second-order valence-electron chi connectivity index (χ2n) is 6.34. The van der Waals surface area contributed by atoms with E-state index in [2.05, 4.69) is 0 Å². The molecule has 21 heavy (non-hydrogen) atoms. The lowest BCUT2D eigenvalue weighted by Crippen LogP contribution is -2.34. The van der Waals surface area contributed by atoms with Crippen molar-refractivity contribution >= 4 is 12.3 Å². The molecule has 1 saturated heterocycles. The van der Waals surface area contributed by atoms with E-state index in [-0.39, 0.29) is 6.04 Å². The molecule has 1 N–H and O–H groups in total. The third-order valence-electron chi connectivity index (χ3n) is 3.48. The van der Waals surface area contributed by atoms with Crippen LogP contribution in [0.25, 0.3) is 0 Å². The maximum atomic E-state index is 11.3. The fourth-order valence-electron chi connectivity index (χ4n) is 2.64. The minimum absolute atomic E-state index is 0.216. The first-order valence-electron chi connectivity index (χ1n) is 7.04. The number of nitrogens with zero attached hydrogens (tertiary/aromatic N) is 1. The summed E-state index contributed by atoms with van der Waals surface area (Å²) in [5.74, 6) is -1.32. The van der Waals surface area contributed by atoms with Gasteiger partial charge in [0.15, 0.2) is 0 Å². The summed E-state index contributed by atoms with van der Waals surface area (Å²) >= 11 is 0. The first-order chi connectivity index (χ1) is 9.81. The zero-order chi connectivity index (χ0) is 15.6. The fourth-order valence-corrected chi connectivity index (χ4v) is 2.64. The Morgan fingerprint density at radius 3 is 2.62 bits per heavy atom. The van der Waals surface area contributed by atoms with Crippen molar-refractivity contribution in [1.82, 2.24) is 5.06 Å². The van der Waals surface area contributed by atoms with Crippen molar-refractivity contribution in [3.63, 3.8) is 0 Å². The van der Waals surface area contributed by atoms with Crippen LogP contribution in [0.3, 0.4) is 0 Å². The zero-order valence-corrected chi connectivity index (χ0v) is 12.6. The minimum atomic E-state index is -0.830. The summed E-state index contributed by atoms with van der Waals surface area (Å²) in [6.07, 6.45) is 1.25. The van der Waals surface area contributed by atoms with Gasteiger partial charge < -0.3 is 5.11 Å². The topological polar surface area (TPSA) is 66.8 Å². The predicted molar refractivity (Wildman–Crippen MR) is 77.9 cm³/mol. The number of carboxylic acid groups (broad SMARTS) is 1. The number of rotatable bonds is 4. The molecule has 0 aliphatic carbocycles. The molecular weight excluding hydrogens is 270 g/mol. The number of hydrogen-bond donors (Lipinski definition) is 1. The summed E-state index contributed by atoms with van der Waals surface area (Å²) in [5, 5.41) is 11.0. The van der Waals surface area contributed by atoms with Crippen LogP contribution in [0.2, 0.25) is 0 Å².